The van der Waals surface area contributed by atoms with Crippen molar-refractivity contribution in [3.8, 4) is 0 Å². The minimum absolute atomic E-state index is 0.0103. The number of likely N-dealkylation sites (tertiary alicyclic amines) is 1. The van der Waals surface area contributed by atoms with Gasteiger partial charge in [-0.1, -0.05) is 13.8 Å². The Morgan fingerprint density at radius 1 is 1.09 bits per heavy atom. The molecule has 22 heavy (non-hydrogen) atoms. The van der Waals surface area contributed by atoms with Crippen LogP contribution >= 0.6 is 0 Å². The van der Waals surface area contributed by atoms with E-state index >= 15 is 0 Å². The first-order chi connectivity index (χ1) is 10.2. The van der Waals surface area contributed by atoms with E-state index in [0.29, 0.717) is 31.8 Å². The van der Waals surface area contributed by atoms with Gasteiger partial charge >= 0.3 is 6.03 Å². The molecule has 0 saturated carbocycles. The van der Waals surface area contributed by atoms with Crippen LogP contribution in [-0.4, -0.2) is 47.9 Å². The molecule has 4 N–H and O–H groups in total. The highest BCUT2D eigenvalue weighted by Gasteiger charge is 2.30. The minimum Gasteiger partial charge on any atom is -0.353 e. The Bertz CT molecular complexity index is 417. The van der Waals surface area contributed by atoms with Gasteiger partial charge in [0, 0.05) is 12.0 Å². The normalized spacial score (nSPS) is 19.5. The van der Waals surface area contributed by atoms with E-state index in [9.17, 15) is 14.4 Å². The van der Waals surface area contributed by atoms with Crippen molar-refractivity contribution in [3.05, 3.63) is 0 Å². The fourth-order valence-corrected chi connectivity index (χ4v) is 2.45. The number of urea groups is 1. The van der Waals surface area contributed by atoms with E-state index in [0.717, 1.165) is 0 Å². The minimum atomic E-state index is -0.839. The third kappa shape index (κ3) is 5.29. The summed E-state index contributed by atoms with van der Waals surface area (Å²) in [5.41, 5.74) is 4.95. The topological polar surface area (TPSA) is 105 Å². The van der Waals surface area contributed by atoms with E-state index in [2.05, 4.69) is 24.5 Å². The van der Waals surface area contributed by atoms with Gasteiger partial charge in [0.25, 0.3) is 0 Å². The van der Waals surface area contributed by atoms with Crippen molar-refractivity contribution >= 4 is 17.8 Å². The van der Waals surface area contributed by atoms with Crippen molar-refractivity contribution in [1.82, 2.24) is 15.5 Å². The fourth-order valence-electron chi connectivity index (χ4n) is 2.45. The summed E-state index contributed by atoms with van der Waals surface area (Å²) in [6.45, 7) is 9.20. The number of nitrogens with zero attached hydrogens (tertiary/aromatic N) is 1. The number of piperidine rings is 1. The maximum absolute atomic E-state index is 12.2. The molecule has 0 bridgehead atoms. The molecule has 1 aliphatic heterocycles. The second-order valence-electron chi connectivity index (χ2n) is 6.38. The molecule has 0 aromatic heterocycles. The van der Waals surface area contributed by atoms with Crippen LogP contribution in [0.5, 0.6) is 0 Å². The zero-order valence-corrected chi connectivity index (χ0v) is 13.9. The monoisotopic (exact) mass is 312 g/mol. The van der Waals surface area contributed by atoms with Crippen LogP contribution in [-0.2, 0) is 9.59 Å². The van der Waals surface area contributed by atoms with Gasteiger partial charge < -0.3 is 11.1 Å². The number of nitrogens with one attached hydrogen (secondary N) is 2. The van der Waals surface area contributed by atoms with Crippen molar-refractivity contribution in [2.24, 2.45) is 17.6 Å². The van der Waals surface area contributed by atoms with Crippen LogP contribution in [0.3, 0.4) is 0 Å². The smallest absolute Gasteiger partial charge is 0.318 e. The summed E-state index contributed by atoms with van der Waals surface area (Å²) in [7, 11) is 0. The molecule has 1 heterocycles. The van der Waals surface area contributed by atoms with Crippen LogP contribution in [0.25, 0.3) is 0 Å². The Balaban J connectivity index is 2.44. The number of nitrogens with two attached hydrogens (primary N) is 1. The maximum Gasteiger partial charge on any atom is 0.318 e. The third-order valence-corrected chi connectivity index (χ3v) is 4.44. The zero-order valence-electron chi connectivity index (χ0n) is 13.9. The van der Waals surface area contributed by atoms with Crippen molar-refractivity contribution in [1.29, 1.82) is 0 Å². The predicted octanol–water partition coefficient (Wildman–Crippen LogP) is 0.443. The third-order valence-electron chi connectivity index (χ3n) is 4.44. The Labute approximate surface area is 132 Å². The van der Waals surface area contributed by atoms with Gasteiger partial charge in [-0.05, 0) is 45.7 Å². The summed E-state index contributed by atoms with van der Waals surface area (Å²) in [5, 5.41) is 5.14. The molecule has 1 aliphatic rings. The lowest BCUT2D eigenvalue weighted by atomic mass is 9.94. The van der Waals surface area contributed by atoms with E-state index in [-0.39, 0.29) is 17.9 Å². The first-order valence-corrected chi connectivity index (χ1v) is 7.87. The molecule has 0 radical (unpaired) electrons. The Hall–Kier alpha value is -1.63. The molecule has 7 nitrogen and oxygen atoms in total. The number of imide groups is 1. The molecule has 7 heteroatoms. The summed E-state index contributed by atoms with van der Waals surface area (Å²) >= 11 is 0. The van der Waals surface area contributed by atoms with Crippen LogP contribution in [0.1, 0.15) is 40.5 Å². The van der Waals surface area contributed by atoms with E-state index in [4.69, 9.17) is 5.73 Å². The van der Waals surface area contributed by atoms with Gasteiger partial charge in [-0.3, -0.25) is 19.8 Å². The number of hydrogen-bond acceptors (Lipinski definition) is 4. The number of hydrogen-bond donors (Lipinski definition) is 3. The first kappa shape index (κ1) is 18.4. The molecule has 0 spiro atoms. The lowest BCUT2D eigenvalue weighted by Crippen LogP contribution is -2.52. The van der Waals surface area contributed by atoms with Crippen LogP contribution < -0.4 is 16.4 Å². The van der Waals surface area contributed by atoms with Gasteiger partial charge in [0.15, 0.2) is 0 Å². The lowest BCUT2D eigenvalue weighted by Gasteiger charge is -2.35. The largest absolute Gasteiger partial charge is 0.353 e. The average molecular weight is 312 g/mol. The molecule has 1 rings (SSSR count). The highest BCUT2D eigenvalue weighted by atomic mass is 16.2. The van der Waals surface area contributed by atoms with Crippen LogP contribution in [0.4, 0.5) is 4.79 Å². The van der Waals surface area contributed by atoms with Crippen LogP contribution in [0.2, 0.25) is 0 Å². The number of amides is 4. The van der Waals surface area contributed by atoms with E-state index < -0.39 is 18.0 Å². The summed E-state index contributed by atoms with van der Waals surface area (Å²) in [6.07, 6.45) is 1.43. The molecule has 1 fully saturated rings. The molecular weight excluding hydrogens is 284 g/mol. The fraction of sp³-hybridized carbons (Fsp3) is 0.800. The van der Waals surface area contributed by atoms with Crippen molar-refractivity contribution < 1.29 is 14.4 Å². The lowest BCUT2D eigenvalue weighted by molar-refractivity contribution is -0.128. The van der Waals surface area contributed by atoms with Gasteiger partial charge in [-0.15, -0.1) is 0 Å². The van der Waals surface area contributed by atoms with Gasteiger partial charge in [0.05, 0.1) is 6.04 Å². The highest BCUT2D eigenvalue weighted by molar-refractivity contribution is 5.96. The van der Waals surface area contributed by atoms with Crippen LogP contribution in [0.15, 0.2) is 0 Å². The summed E-state index contributed by atoms with van der Waals surface area (Å²) in [5.74, 6) is 0.0873. The van der Waals surface area contributed by atoms with E-state index in [1.807, 2.05) is 11.8 Å². The molecule has 0 unspecified atom stereocenters. The second-order valence-corrected chi connectivity index (χ2v) is 6.38. The Morgan fingerprint density at radius 2 is 1.64 bits per heavy atom. The molecule has 126 valence electrons. The molecule has 4 amide bonds. The predicted molar refractivity (Wildman–Crippen MR) is 83.9 cm³/mol. The SMILES string of the molecule is CC(C)[C@H](C)NC(=O)C1CCN([C@@H](C)C(=O)NC(N)=O)CC1. The first-order valence-electron chi connectivity index (χ1n) is 7.87. The van der Waals surface area contributed by atoms with Crippen molar-refractivity contribution in [3.63, 3.8) is 0 Å². The number of rotatable bonds is 5. The standard InChI is InChI=1S/C15H28N4O3/c1-9(2)10(3)17-14(21)12-5-7-19(8-6-12)11(4)13(20)18-15(16)22/h9-12H,5-8H2,1-4H3,(H,17,21)(H3,16,18,20,22)/t10-,11-/m0/s1. The number of carbonyl (C=O) groups excluding carboxylic acids is 3. The highest BCUT2D eigenvalue weighted by Crippen LogP contribution is 2.19. The Morgan fingerprint density at radius 3 is 2.09 bits per heavy atom. The van der Waals surface area contributed by atoms with Gasteiger partial charge in [0.1, 0.15) is 0 Å². The average Bonchev–Trinajstić information content (AvgIpc) is 2.45. The van der Waals surface area contributed by atoms with Gasteiger partial charge in [-0.2, -0.15) is 0 Å². The molecule has 0 aromatic carbocycles. The Kier molecular flexibility index (Phi) is 6.80. The van der Waals surface area contributed by atoms with Gasteiger partial charge in [-0.25, -0.2) is 4.79 Å². The quantitative estimate of drug-likeness (QED) is 0.685. The molecule has 0 aromatic rings. The summed E-state index contributed by atoms with van der Waals surface area (Å²) in [6, 6.07) is -1.11. The molecule has 1 saturated heterocycles. The van der Waals surface area contributed by atoms with Crippen molar-refractivity contribution in [2.45, 2.75) is 52.6 Å². The molecule has 2 atom stereocenters. The van der Waals surface area contributed by atoms with Crippen LogP contribution in [0, 0.1) is 11.8 Å². The summed E-state index contributed by atoms with van der Waals surface area (Å²) in [4.78, 5) is 36.6. The maximum atomic E-state index is 12.2. The molecular formula is C15H28N4O3. The second kappa shape index (κ2) is 8.12. The van der Waals surface area contributed by atoms with E-state index in [1.54, 1.807) is 6.92 Å². The number of carbonyl (C=O) groups is 3. The van der Waals surface area contributed by atoms with Crippen molar-refractivity contribution in [2.75, 3.05) is 13.1 Å². The number of primary amides is 1. The van der Waals surface area contributed by atoms with Gasteiger partial charge in [0.2, 0.25) is 11.8 Å². The van der Waals surface area contributed by atoms with E-state index in [1.165, 1.54) is 0 Å². The molecule has 0 aliphatic carbocycles. The summed E-state index contributed by atoms with van der Waals surface area (Å²) < 4.78 is 0. The zero-order chi connectivity index (χ0) is 16.9.